The van der Waals surface area contributed by atoms with E-state index in [-0.39, 0.29) is 24.3 Å². The molecule has 0 spiro atoms. The lowest BCUT2D eigenvalue weighted by Crippen LogP contribution is -2.44. The minimum absolute atomic E-state index is 0.0979. The first kappa shape index (κ1) is 27.2. The van der Waals surface area contributed by atoms with E-state index in [1.807, 2.05) is 0 Å². The van der Waals surface area contributed by atoms with E-state index in [1.54, 1.807) is 45.0 Å². The second-order valence-corrected chi connectivity index (χ2v) is 8.22. The molecule has 10 heteroatoms. The van der Waals surface area contributed by atoms with Gasteiger partial charge in [-0.05, 0) is 62.6 Å². The Bertz CT molecular complexity index is 921. The van der Waals surface area contributed by atoms with E-state index in [2.05, 4.69) is 5.32 Å². The smallest absolute Gasteiger partial charge is 0.408 e. The van der Waals surface area contributed by atoms with Crippen LogP contribution >= 0.6 is 0 Å². The van der Waals surface area contributed by atoms with Gasteiger partial charge in [0.2, 0.25) is 0 Å². The average molecular weight is 462 g/mol. The summed E-state index contributed by atoms with van der Waals surface area (Å²) in [6.45, 7) is 5.09. The van der Waals surface area contributed by atoms with Crippen molar-refractivity contribution in [3.8, 4) is 11.5 Å². The molecule has 0 heterocycles. The molecule has 1 amide bonds. The highest BCUT2D eigenvalue weighted by Gasteiger charge is 2.24. The number of phenols is 2. The van der Waals surface area contributed by atoms with Crippen LogP contribution < -0.4 is 11.1 Å². The summed E-state index contributed by atoms with van der Waals surface area (Å²) >= 11 is 0. The summed E-state index contributed by atoms with van der Waals surface area (Å²) in [5.74, 6) is -1.91. The number of carbonyl (C=O) groups excluding carboxylic acids is 1. The van der Waals surface area contributed by atoms with Gasteiger partial charge in [0.15, 0.2) is 0 Å². The molecule has 2 atom stereocenters. The fourth-order valence-corrected chi connectivity index (χ4v) is 2.49. The molecule has 0 aliphatic carbocycles. The molecular formula is C23H30N2O8. The van der Waals surface area contributed by atoms with Gasteiger partial charge in [-0.2, -0.15) is 0 Å². The van der Waals surface area contributed by atoms with Gasteiger partial charge in [-0.1, -0.05) is 24.3 Å². The first-order chi connectivity index (χ1) is 15.3. The van der Waals surface area contributed by atoms with Gasteiger partial charge in [0.25, 0.3) is 0 Å². The minimum Gasteiger partial charge on any atom is -0.508 e. The maximum absolute atomic E-state index is 11.6. The van der Waals surface area contributed by atoms with E-state index in [4.69, 9.17) is 30.9 Å². The maximum atomic E-state index is 11.6. The number of aliphatic carboxylic acids is 2. The number of rotatable bonds is 7. The van der Waals surface area contributed by atoms with Crippen LogP contribution in [-0.2, 0) is 27.2 Å². The van der Waals surface area contributed by atoms with Crippen molar-refractivity contribution in [1.82, 2.24) is 5.32 Å². The molecule has 0 unspecified atom stereocenters. The summed E-state index contributed by atoms with van der Waals surface area (Å²) in [5.41, 5.74) is 6.12. The quantitative estimate of drug-likeness (QED) is 0.360. The molecule has 2 aromatic carbocycles. The third-order valence-electron chi connectivity index (χ3n) is 4.07. The van der Waals surface area contributed by atoms with Gasteiger partial charge in [0, 0.05) is 6.42 Å². The number of alkyl carbamates (subject to hydrolysis) is 1. The van der Waals surface area contributed by atoms with Gasteiger partial charge < -0.3 is 36.2 Å². The van der Waals surface area contributed by atoms with Crippen molar-refractivity contribution in [2.45, 2.75) is 51.3 Å². The predicted molar refractivity (Wildman–Crippen MR) is 120 cm³/mol. The van der Waals surface area contributed by atoms with E-state index in [1.165, 1.54) is 24.3 Å². The molecule has 2 aromatic rings. The van der Waals surface area contributed by atoms with Gasteiger partial charge >= 0.3 is 18.0 Å². The van der Waals surface area contributed by atoms with Crippen molar-refractivity contribution in [1.29, 1.82) is 0 Å². The summed E-state index contributed by atoms with van der Waals surface area (Å²) in [6, 6.07) is 10.5. The molecule has 33 heavy (non-hydrogen) atoms. The molecule has 0 aromatic heterocycles. The first-order valence-electron chi connectivity index (χ1n) is 10.0. The Kier molecular flexibility index (Phi) is 10.2. The molecule has 7 N–H and O–H groups in total. The standard InChI is InChI=1S/C14H19NO5.C9H11NO3/c1-14(2,3)20-13(19)15-11(12(17)18)8-9-4-6-10(16)7-5-9;10-8(9(12)13)5-6-1-3-7(11)4-2-6/h4-7,11,16H,8H2,1-3H3,(H,15,19)(H,17,18);1-4,8,11H,5,10H2,(H,12,13)/t11-;8-/m00/s1. The molecular weight excluding hydrogens is 432 g/mol. The van der Waals surface area contributed by atoms with Crippen LogP contribution in [0, 0.1) is 0 Å². The second kappa shape index (κ2) is 12.3. The summed E-state index contributed by atoms with van der Waals surface area (Å²) in [6.07, 6.45) is -0.395. The Hall–Kier alpha value is -3.79. The number of phenolic OH excluding ortho intramolecular Hbond substituents is 2. The summed E-state index contributed by atoms with van der Waals surface area (Å²) in [4.78, 5) is 33.1. The van der Waals surface area contributed by atoms with Crippen LogP contribution in [0.4, 0.5) is 4.79 Å². The largest absolute Gasteiger partial charge is 0.508 e. The highest BCUT2D eigenvalue weighted by Crippen LogP contribution is 2.13. The Morgan fingerprint density at radius 3 is 1.64 bits per heavy atom. The number of carboxylic acids is 2. The molecule has 0 aliphatic rings. The molecule has 0 aliphatic heterocycles. The van der Waals surface area contributed by atoms with Crippen molar-refractivity contribution in [2.24, 2.45) is 5.73 Å². The van der Waals surface area contributed by atoms with Gasteiger partial charge in [-0.15, -0.1) is 0 Å². The summed E-state index contributed by atoms with van der Waals surface area (Å²) < 4.78 is 5.02. The lowest BCUT2D eigenvalue weighted by molar-refractivity contribution is -0.140. The topological polar surface area (TPSA) is 179 Å². The summed E-state index contributed by atoms with van der Waals surface area (Å²) in [5, 5.41) is 38.1. The number of carboxylic acid groups (broad SMARTS) is 2. The van der Waals surface area contributed by atoms with Gasteiger partial charge in [0.05, 0.1) is 0 Å². The number of nitrogens with one attached hydrogen (secondary N) is 1. The number of hydrogen-bond donors (Lipinski definition) is 6. The van der Waals surface area contributed by atoms with E-state index in [0.717, 1.165) is 5.56 Å². The van der Waals surface area contributed by atoms with Crippen LogP contribution in [-0.4, -0.2) is 56.1 Å². The molecule has 0 bridgehead atoms. The molecule has 0 fully saturated rings. The number of carbonyl (C=O) groups is 3. The zero-order chi connectivity index (χ0) is 25.2. The van der Waals surface area contributed by atoms with E-state index in [9.17, 15) is 14.4 Å². The van der Waals surface area contributed by atoms with Crippen molar-refractivity contribution in [2.75, 3.05) is 0 Å². The van der Waals surface area contributed by atoms with Crippen molar-refractivity contribution in [3.05, 3.63) is 59.7 Å². The SMILES string of the molecule is CC(C)(C)OC(=O)N[C@@H](Cc1ccc(O)cc1)C(=O)O.N[C@@H](Cc1ccc(O)cc1)C(=O)O. The van der Waals surface area contributed by atoms with Crippen LogP contribution in [0.25, 0.3) is 0 Å². The van der Waals surface area contributed by atoms with Crippen LogP contribution in [0.1, 0.15) is 31.9 Å². The fourth-order valence-electron chi connectivity index (χ4n) is 2.49. The highest BCUT2D eigenvalue weighted by atomic mass is 16.6. The molecule has 0 radical (unpaired) electrons. The molecule has 10 nitrogen and oxygen atoms in total. The van der Waals surface area contributed by atoms with Gasteiger partial charge in [0.1, 0.15) is 29.2 Å². The number of nitrogens with two attached hydrogens (primary N) is 1. The number of amides is 1. The van der Waals surface area contributed by atoms with Crippen LogP contribution in [0.5, 0.6) is 11.5 Å². The predicted octanol–water partition coefficient (Wildman–Crippen LogP) is 2.26. The molecule has 0 saturated carbocycles. The Labute approximate surface area is 191 Å². The Morgan fingerprint density at radius 2 is 1.27 bits per heavy atom. The van der Waals surface area contributed by atoms with E-state index >= 15 is 0 Å². The zero-order valence-corrected chi connectivity index (χ0v) is 18.7. The van der Waals surface area contributed by atoms with Gasteiger partial charge in [-0.3, -0.25) is 4.79 Å². The first-order valence-corrected chi connectivity index (χ1v) is 10.0. The Balaban J connectivity index is 0.000000361. The van der Waals surface area contributed by atoms with Crippen LogP contribution in [0.15, 0.2) is 48.5 Å². The number of benzene rings is 2. The fraction of sp³-hybridized carbons (Fsp3) is 0.348. The molecule has 2 rings (SSSR count). The van der Waals surface area contributed by atoms with E-state index < -0.39 is 35.7 Å². The highest BCUT2D eigenvalue weighted by molar-refractivity contribution is 5.80. The third-order valence-corrected chi connectivity index (χ3v) is 4.07. The van der Waals surface area contributed by atoms with E-state index in [0.29, 0.717) is 5.56 Å². The number of ether oxygens (including phenoxy) is 1. The van der Waals surface area contributed by atoms with Crippen molar-refractivity contribution in [3.63, 3.8) is 0 Å². The third kappa shape index (κ3) is 11.4. The number of aromatic hydroxyl groups is 2. The minimum atomic E-state index is -1.15. The molecule has 180 valence electrons. The van der Waals surface area contributed by atoms with Gasteiger partial charge in [-0.25, -0.2) is 9.59 Å². The average Bonchev–Trinajstić information content (AvgIpc) is 2.69. The zero-order valence-electron chi connectivity index (χ0n) is 18.7. The Morgan fingerprint density at radius 1 is 0.848 bits per heavy atom. The molecule has 0 saturated heterocycles. The van der Waals surface area contributed by atoms with Crippen LogP contribution in [0.2, 0.25) is 0 Å². The number of hydrogen-bond acceptors (Lipinski definition) is 7. The van der Waals surface area contributed by atoms with Crippen molar-refractivity contribution < 1.29 is 39.5 Å². The lowest BCUT2D eigenvalue weighted by Gasteiger charge is -2.22. The van der Waals surface area contributed by atoms with Crippen molar-refractivity contribution >= 4 is 18.0 Å². The monoisotopic (exact) mass is 462 g/mol. The maximum Gasteiger partial charge on any atom is 0.408 e. The normalized spacial score (nSPS) is 12.5. The lowest BCUT2D eigenvalue weighted by atomic mass is 10.1. The van der Waals surface area contributed by atoms with Crippen LogP contribution in [0.3, 0.4) is 0 Å². The summed E-state index contributed by atoms with van der Waals surface area (Å²) in [7, 11) is 0. The second-order valence-electron chi connectivity index (χ2n) is 8.22.